The van der Waals surface area contributed by atoms with E-state index in [9.17, 15) is 13.6 Å². The number of rotatable bonds is 3. The van der Waals surface area contributed by atoms with Crippen molar-refractivity contribution in [3.05, 3.63) is 34.0 Å². The van der Waals surface area contributed by atoms with Crippen LogP contribution in [-0.2, 0) is 0 Å². The van der Waals surface area contributed by atoms with E-state index in [-0.39, 0.29) is 53.7 Å². The molecule has 1 fully saturated rings. The van der Waals surface area contributed by atoms with Gasteiger partial charge in [-0.3, -0.25) is 4.79 Å². The first-order valence-electron chi connectivity index (χ1n) is 7.71. The molecule has 0 spiro atoms. The largest absolute Gasteiger partial charge is 0.340 e. The van der Waals surface area contributed by atoms with Gasteiger partial charge in [0.1, 0.15) is 11.0 Å². The summed E-state index contributed by atoms with van der Waals surface area (Å²) in [6.45, 7) is 1.99. The normalized spacial score (nSPS) is 16.4. The zero-order chi connectivity index (χ0) is 18.9. The summed E-state index contributed by atoms with van der Waals surface area (Å²) in [6, 6.07) is 1.55. The number of piperidine rings is 1. The highest BCUT2D eigenvalue weighted by molar-refractivity contribution is 6.34. The highest BCUT2D eigenvalue weighted by Crippen LogP contribution is 2.29. The number of carbonyl (C=O) groups excluding carboxylic acids is 1. The molecular weight excluding hydrogens is 389 g/mol. The maximum Gasteiger partial charge on any atom is 0.278 e. The molecule has 0 unspecified atom stereocenters. The lowest BCUT2D eigenvalue weighted by atomic mass is 10.1. The number of aromatic nitrogens is 4. The third-order valence-electron chi connectivity index (χ3n) is 3.78. The Morgan fingerprint density at radius 1 is 1.23 bits per heavy atom. The fourth-order valence-electron chi connectivity index (χ4n) is 2.47. The smallest absolute Gasteiger partial charge is 0.278 e. The highest BCUT2D eigenvalue weighted by atomic mass is 35.5. The van der Waals surface area contributed by atoms with E-state index >= 15 is 0 Å². The maximum atomic E-state index is 13.3. The van der Waals surface area contributed by atoms with Gasteiger partial charge in [-0.25, -0.2) is 23.7 Å². The van der Waals surface area contributed by atoms with Gasteiger partial charge in [-0.2, -0.15) is 4.98 Å². The van der Waals surface area contributed by atoms with Crippen LogP contribution in [0, 0.1) is 6.92 Å². The van der Waals surface area contributed by atoms with Gasteiger partial charge < -0.3 is 10.2 Å². The summed E-state index contributed by atoms with van der Waals surface area (Å²) in [5.41, 5.74) is 0.474. The molecule has 1 aliphatic rings. The van der Waals surface area contributed by atoms with Crippen LogP contribution in [0.2, 0.25) is 10.3 Å². The Morgan fingerprint density at radius 3 is 2.58 bits per heavy atom. The Morgan fingerprint density at radius 2 is 1.92 bits per heavy atom. The molecule has 1 amide bonds. The second kappa shape index (κ2) is 7.24. The lowest BCUT2D eigenvalue weighted by Crippen LogP contribution is -2.40. The predicted octanol–water partition coefficient (Wildman–Crippen LogP) is 3.37. The summed E-state index contributed by atoms with van der Waals surface area (Å²) in [5.74, 6) is -2.79. The molecule has 0 aromatic carbocycles. The Labute approximate surface area is 157 Å². The van der Waals surface area contributed by atoms with Crippen molar-refractivity contribution < 1.29 is 13.6 Å². The molecule has 11 heteroatoms. The van der Waals surface area contributed by atoms with Gasteiger partial charge in [0.25, 0.3) is 11.8 Å². The molecular formula is C15H14Cl2F2N6O. The summed E-state index contributed by atoms with van der Waals surface area (Å²) in [5, 5.41) is 2.48. The van der Waals surface area contributed by atoms with E-state index in [0.717, 1.165) is 0 Å². The molecule has 26 heavy (non-hydrogen) atoms. The summed E-state index contributed by atoms with van der Waals surface area (Å²) < 4.78 is 26.6. The first-order valence-corrected chi connectivity index (χ1v) is 8.47. The molecule has 1 N–H and O–H groups in total. The van der Waals surface area contributed by atoms with Crippen molar-refractivity contribution in [2.75, 3.05) is 23.3 Å². The number of amides is 1. The Balaban J connectivity index is 1.78. The van der Waals surface area contributed by atoms with Gasteiger partial charge in [0, 0.05) is 37.7 Å². The predicted molar refractivity (Wildman–Crippen MR) is 93.2 cm³/mol. The number of carbonyl (C=O) groups is 1. The SMILES string of the molecule is Cc1cc(NC(=O)c2ncc(Cl)nc2Cl)nc(N2CCC(F)(F)CC2)n1. The second-order valence-corrected chi connectivity index (χ2v) is 6.57. The minimum Gasteiger partial charge on any atom is -0.340 e. The average Bonchev–Trinajstić information content (AvgIpc) is 2.54. The Bertz CT molecular complexity index is 841. The number of halogens is 4. The standard InChI is InChI=1S/C15H14Cl2F2N6O/c1-8-6-10(23-13(26)11-12(17)22-9(16)7-20-11)24-14(21-8)25-4-2-15(18,19)3-5-25/h6-7H,2-5H2,1H3,(H,21,23,24,26). The van der Waals surface area contributed by atoms with Gasteiger partial charge in [-0.05, 0) is 6.92 Å². The van der Waals surface area contributed by atoms with Crippen molar-refractivity contribution in [2.45, 2.75) is 25.7 Å². The maximum absolute atomic E-state index is 13.3. The van der Waals surface area contributed by atoms with Crippen LogP contribution in [0.15, 0.2) is 12.3 Å². The molecule has 1 saturated heterocycles. The second-order valence-electron chi connectivity index (χ2n) is 5.82. The minimum atomic E-state index is -2.67. The summed E-state index contributed by atoms with van der Waals surface area (Å²) >= 11 is 11.5. The van der Waals surface area contributed by atoms with E-state index in [1.807, 2.05) is 0 Å². The van der Waals surface area contributed by atoms with Crippen LogP contribution in [0.4, 0.5) is 20.5 Å². The number of alkyl halides is 2. The number of hydrogen-bond acceptors (Lipinski definition) is 6. The molecule has 138 valence electrons. The Hall–Kier alpha value is -2.13. The van der Waals surface area contributed by atoms with E-state index in [0.29, 0.717) is 5.69 Å². The average molecular weight is 403 g/mol. The summed E-state index contributed by atoms with van der Waals surface area (Å²) in [7, 11) is 0. The van der Waals surface area contributed by atoms with E-state index in [4.69, 9.17) is 23.2 Å². The number of nitrogens with zero attached hydrogens (tertiary/aromatic N) is 5. The lowest BCUT2D eigenvalue weighted by Gasteiger charge is -2.31. The molecule has 0 atom stereocenters. The van der Waals surface area contributed by atoms with Crippen LogP contribution in [0.1, 0.15) is 29.0 Å². The first kappa shape index (κ1) is 18.7. The van der Waals surface area contributed by atoms with E-state index in [2.05, 4.69) is 25.3 Å². The summed E-state index contributed by atoms with van der Waals surface area (Å²) in [4.78, 5) is 30.1. The van der Waals surface area contributed by atoms with Crippen LogP contribution in [0.25, 0.3) is 0 Å². The number of hydrogen-bond donors (Lipinski definition) is 1. The summed E-state index contributed by atoms with van der Waals surface area (Å²) in [6.07, 6.45) is 0.677. The molecule has 0 bridgehead atoms. The van der Waals surface area contributed by atoms with Gasteiger partial charge in [0.15, 0.2) is 10.8 Å². The number of anilines is 2. The fourth-order valence-corrected chi connectivity index (χ4v) is 2.87. The molecule has 2 aromatic rings. The van der Waals surface area contributed by atoms with Crippen molar-refractivity contribution in [1.82, 2.24) is 19.9 Å². The Kier molecular flexibility index (Phi) is 5.19. The third-order valence-corrected chi connectivity index (χ3v) is 4.22. The van der Waals surface area contributed by atoms with Crippen LogP contribution in [0.3, 0.4) is 0 Å². The molecule has 3 heterocycles. The van der Waals surface area contributed by atoms with Crippen LogP contribution < -0.4 is 10.2 Å². The zero-order valence-electron chi connectivity index (χ0n) is 13.6. The van der Waals surface area contributed by atoms with E-state index in [1.54, 1.807) is 17.9 Å². The molecule has 0 aliphatic carbocycles. The molecule has 3 rings (SSSR count). The molecule has 7 nitrogen and oxygen atoms in total. The van der Waals surface area contributed by atoms with Gasteiger partial charge in [0.05, 0.1) is 6.20 Å². The van der Waals surface area contributed by atoms with Gasteiger partial charge in [0.2, 0.25) is 5.95 Å². The van der Waals surface area contributed by atoms with Crippen LogP contribution >= 0.6 is 23.2 Å². The van der Waals surface area contributed by atoms with Crippen molar-refractivity contribution in [3.8, 4) is 0 Å². The van der Waals surface area contributed by atoms with Gasteiger partial charge >= 0.3 is 0 Å². The van der Waals surface area contributed by atoms with Gasteiger partial charge in [-0.1, -0.05) is 23.2 Å². The highest BCUT2D eigenvalue weighted by Gasteiger charge is 2.35. The number of nitrogens with one attached hydrogen (secondary N) is 1. The van der Waals surface area contributed by atoms with E-state index < -0.39 is 11.8 Å². The monoisotopic (exact) mass is 402 g/mol. The quantitative estimate of drug-likeness (QED) is 0.846. The number of aryl methyl sites for hydroxylation is 1. The molecule has 0 saturated carbocycles. The molecule has 1 aliphatic heterocycles. The first-order chi connectivity index (χ1) is 12.2. The van der Waals surface area contributed by atoms with Gasteiger partial charge in [-0.15, -0.1) is 0 Å². The molecule has 0 radical (unpaired) electrons. The lowest BCUT2D eigenvalue weighted by molar-refractivity contribution is -0.0222. The van der Waals surface area contributed by atoms with Crippen molar-refractivity contribution >= 4 is 40.9 Å². The van der Waals surface area contributed by atoms with Crippen molar-refractivity contribution in [3.63, 3.8) is 0 Å². The van der Waals surface area contributed by atoms with Crippen molar-refractivity contribution in [2.24, 2.45) is 0 Å². The van der Waals surface area contributed by atoms with E-state index in [1.165, 1.54) is 6.20 Å². The van der Waals surface area contributed by atoms with Crippen LogP contribution in [-0.4, -0.2) is 44.9 Å². The van der Waals surface area contributed by atoms with Crippen molar-refractivity contribution in [1.29, 1.82) is 0 Å². The fraction of sp³-hybridized carbons (Fsp3) is 0.400. The van der Waals surface area contributed by atoms with Crippen LogP contribution in [0.5, 0.6) is 0 Å². The topological polar surface area (TPSA) is 83.9 Å². The third kappa shape index (κ3) is 4.34. The molecule has 2 aromatic heterocycles. The zero-order valence-corrected chi connectivity index (χ0v) is 15.2. The minimum absolute atomic E-state index is 0.0635.